The van der Waals surface area contributed by atoms with Gasteiger partial charge in [0.2, 0.25) is 11.8 Å². The minimum absolute atomic E-state index is 0.132. The molecule has 1 aromatic rings. The topological polar surface area (TPSA) is 46.6 Å². The van der Waals surface area contributed by atoms with E-state index in [4.69, 9.17) is 16.3 Å². The van der Waals surface area contributed by atoms with E-state index in [0.29, 0.717) is 0 Å². The highest BCUT2D eigenvalue weighted by atomic mass is 35.5. The Morgan fingerprint density at radius 3 is 2.08 bits per heavy atom. The number of hydrogen-bond acceptors (Lipinski definition) is 3. The van der Waals surface area contributed by atoms with Crippen LogP contribution in [0.2, 0.25) is 5.02 Å². The van der Waals surface area contributed by atoms with Crippen LogP contribution in [0, 0.1) is 11.8 Å². The van der Waals surface area contributed by atoms with Gasteiger partial charge >= 0.3 is 6.18 Å². The summed E-state index contributed by atoms with van der Waals surface area (Å²) < 4.78 is 45.1. The molecule has 0 radical (unpaired) electrons. The first-order valence-corrected chi connectivity index (χ1v) is 8.01. The van der Waals surface area contributed by atoms with Crippen molar-refractivity contribution < 1.29 is 27.5 Å². The molecule has 2 amide bonds. The maximum Gasteiger partial charge on any atom is 0.417 e. The molecule has 2 saturated heterocycles. The molecule has 1 aromatic carbocycles. The van der Waals surface area contributed by atoms with Crippen LogP contribution in [0.15, 0.2) is 30.4 Å². The summed E-state index contributed by atoms with van der Waals surface area (Å²) in [7, 11) is 0. The summed E-state index contributed by atoms with van der Waals surface area (Å²) in [6, 6.07) is 3.02. The first-order valence-electron chi connectivity index (χ1n) is 7.63. The number of halogens is 4. The number of fused-ring (bicyclic) bond motifs is 5. The van der Waals surface area contributed by atoms with Crippen molar-refractivity contribution in [2.24, 2.45) is 11.8 Å². The SMILES string of the molecule is C[C@@]12C=C[C@](C)(O1)[C@H]1C(=O)N(c3ccc(Cl)c(C(F)(F)F)c3)C(=O)[C@@H]12. The number of carbonyl (C=O) groups is 2. The second kappa shape index (κ2) is 4.65. The van der Waals surface area contributed by atoms with Gasteiger partial charge in [0, 0.05) is 0 Å². The number of rotatable bonds is 1. The molecule has 0 N–H and O–H groups in total. The summed E-state index contributed by atoms with van der Waals surface area (Å²) in [5.74, 6) is -2.61. The van der Waals surface area contributed by atoms with Gasteiger partial charge in [0.25, 0.3) is 0 Å². The Balaban J connectivity index is 1.80. The van der Waals surface area contributed by atoms with Crippen LogP contribution in [0.4, 0.5) is 18.9 Å². The van der Waals surface area contributed by atoms with E-state index in [9.17, 15) is 22.8 Å². The molecule has 3 aliphatic rings. The molecule has 8 heteroatoms. The summed E-state index contributed by atoms with van der Waals surface area (Å²) in [6.07, 6.45) is -1.20. The van der Waals surface area contributed by atoms with E-state index in [1.54, 1.807) is 26.0 Å². The third-order valence-electron chi connectivity index (χ3n) is 5.24. The number of imide groups is 1. The maximum absolute atomic E-state index is 13.1. The minimum Gasteiger partial charge on any atom is -0.359 e. The number of benzene rings is 1. The van der Waals surface area contributed by atoms with Crippen LogP contribution in [0.5, 0.6) is 0 Å². The van der Waals surface area contributed by atoms with Crippen molar-refractivity contribution >= 4 is 29.1 Å². The van der Waals surface area contributed by atoms with Crippen molar-refractivity contribution in [3.8, 4) is 0 Å². The van der Waals surface area contributed by atoms with Crippen molar-refractivity contribution in [1.29, 1.82) is 0 Å². The van der Waals surface area contributed by atoms with Gasteiger partial charge in [-0.25, -0.2) is 4.90 Å². The van der Waals surface area contributed by atoms with Crippen molar-refractivity contribution in [3.63, 3.8) is 0 Å². The molecule has 4 rings (SSSR count). The lowest BCUT2D eigenvalue weighted by atomic mass is 9.73. The van der Waals surface area contributed by atoms with E-state index in [0.717, 1.165) is 17.0 Å². The van der Waals surface area contributed by atoms with Crippen molar-refractivity contribution in [2.45, 2.75) is 31.2 Å². The highest BCUT2D eigenvalue weighted by Crippen LogP contribution is 2.57. The molecule has 0 unspecified atom stereocenters. The number of nitrogens with zero attached hydrogens (tertiary/aromatic N) is 1. The van der Waals surface area contributed by atoms with Crippen LogP contribution >= 0.6 is 11.6 Å². The minimum atomic E-state index is -4.68. The fraction of sp³-hybridized carbons (Fsp3) is 0.412. The number of hydrogen-bond donors (Lipinski definition) is 0. The van der Waals surface area contributed by atoms with Gasteiger partial charge in [-0.15, -0.1) is 0 Å². The van der Waals surface area contributed by atoms with Crippen LogP contribution in [-0.4, -0.2) is 23.0 Å². The van der Waals surface area contributed by atoms with Crippen LogP contribution in [-0.2, 0) is 20.5 Å². The lowest BCUT2D eigenvalue weighted by Gasteiger charge is -2.25. The molecule has 132 valence electrons. The molecule has 0 spiro atoms. The average Bonchev–Trinajstić information content (AvgIpc) is 3.04. The van der Waals surface area contributed by atoms with Gasteiger partial charge in [0.1, 0.15) is 0 Å². The Kier molecular flexibility index (Phi) is 3.09. The second-order valence-electron chi connectivity index (χ2n) is 6.93. The molecule has 3 heterocycles. The summed E-state index contributed by atoms with van der Waals surface area (Å²) in [4.78, 5) is 26.5. The quantitative estimate of drug-likeness (QED) is 0.560. The monoisotopic (exact) mass is 371 g/mol. The summed E-state index contributed by atoms with van der Waals surface area (Å²) in [5, 5.41) is -0.487. The smallest absolute Gasteiger partial charge is 0.359 e. The highest BCUT2D eigenvalue weighted by molar-refractivity contribution is 6.31. The average molecular weight is 372 g/mol. The number of anilines is 1. The van der Waals surface area contributed by atoms with Gasteiger partial charge in [-0.05, 0) is 32.0 Å². The number of carbonyl (C=O) groups excluding carboxylic acids is 2. The van der Waals surface area contributed by atoms with E-state index in [1.807, 2.05) is 0 Å². The predicted octanol–water partition coefficient (Wildman–Crippen LogP) is 3.58. The van der Waals surface area contributed by atoms with Crippen LogP contribution < -0.4 is 4.90 Å². The Morgan fingerprint density at radius 1 is 1.08 bits per heavy atom. The van der Waals surface area contributed by atoms with Crippen molar-refractivity contribution in [1.82, 2.24) is 0 Å². The van der Waals surface area contributed by atoms with E-state index >= 15 is 0 Å². The Labute approximate surface area is 146 Å². The van der Waals surface area contributed by atoms with Gasteiger partial charge in [-0.3, -0.25) is 9.59 Å². The highest BCUT2D eigenvalue weighted by Gasteiger charge is 2.70. The van der Waals surface area contributed by atoms with Crippen LogP contribution in [0.3, 0.4) is 0 Å². The largest absolute Gasteiger partial charge is 0.417 e. The van der Waals surface area contributed by atoms with E-state index < -0.39 is 51.6 Å². The molecule has 0 saturated carbocycles. The molecule has 0 aliphatic carbocycles. The molecule has 3 aliphatic heterocycles. The van der Waals surface area contributed by atoms with Crippen LogP contribution in [0.25, 0.3) is 0 Å². The normalized spacial score (nSPS) is 36.5. The molecule has 4 nitrogen and oxygen atoms in total. The van der Waals surface area contributed by atoms with Gasteiger partial charge in [-0.1, -0.05) is 23.8 Å². The van der Waals surface area contributed by atoms with E-state index in [-0.39, 0.29) is 5.69 Å². The molecule has 0 aromatic heterocycles. The Bertz CT molecular complexity index is 816. The molecular weight excluding hydrogens is 359 g/mol. The van der Waals surface area contributed by atoms with Gasteiger partial charge < -0.3 is 4.74 Å². The zero-order chi connectivity index (χ0) is 18.4. The molecule has 25 heavy (non-hydrogen) atoms. The predicted molar refractivity (Wildman–Crippen MR) is 83.0 cm³/mol. The lowest BCUT2D eigenvalue weighted by Crippen LogP contribution is -2.39. The number of amides is 2. The standard InChI is InChI=1S/C17H13ClF3NO3/c1-15-5-6-16(2,25-15)12-11(15)13(23)22(14(12)24)8-3-4-10(18)9(7-8)17(19,20)21/h3-7,11-12H,1-2H3/t11-,12-,15+,16+/m1/s1. The maximum atomic E-state index is 13.1. The third kappa shape index (κ3) is 2.05. The number of ether oxygens (including phenoxy) is 1. The van der Waals surface area contributed by atoms with E-state index in [1.165, 1.54) is 6.07 Å². The Morgan fingerprint density at radius 2 is 1.60 bits per heavy atom. The first kappa shape index (κ1) is 16.6. The van der Waals surface area contributed by atoms with Crippen molar-refractivity contribution in [3.05, 3.63) is 40.9 Å². The zero-order valence-electron chi connectivity index (χ0n) is 13.2. The third-order valence-corrected chi connectivity index (χ3v) is 5.57. The molecule has 2 fully saturated rings. The van der Waals surface area contributed by atoms with E-state index in [2.05, 4.69) is 0 Å². The molecule has 2 bridgehead atoms. The number of alkyl halides is 3. The van der Waals surface area contributed by atoms with Gasteiger partial charge in [-0.2, -0.15) is 13.2 Å². The fourth-order valence-electron chi connectivity index (χ4n) is 4.16. The zero-order valence-corrected chi connectivity index (χ0v) is 14.0. The van der Waals surface area contributed by atoms with Gasteiger partial charge in [0.15, 0.2) is 0 Å². The fourth-order valence-corrected chi connectivity index (χ4v) is 4.38. The molecule has 4 atom stereocenters. The van der Waals surface area contributed by atoms with Gasteiger partial charge in [0.05, 0.1) is 39.3 Å². The second-order valence-corrected chi connectivity index (χ2v) is 7.34. The summed E-state index contributed by atoms with van der Waals surface area (Å²) in [6.45, 7) is 3.41. The summed E-state index contributed by atoms with van der Waals surface area (Å²) in [5.41, 5.74) is -3.08. The summed E-state index contributed by atoms with van der Waals surface area (Å²) >= 11 is 5.62. The lowest BCUT2D eigenvalue weighted by molar-refractivity contribution is -0.137. The molecular formula is C17H13ClF3NO3. The Hall–Kier alpha value is -1.86. The first-order chi connectivity index (χ1) is 11.5. The van der Waals surface area contributed by atoms with Crippen LogP contribution in [0.1, 0.15) is 19.4 Å². The van der Waals surface area contributed by atoms with Crippen molar-refractivity contribution in [2.75, 3.05) is 4.90 Å².